The number of aromatic nitrogens is 3. The van der Waals surface area contributed by atoms with Gasteiger partial charge < -0.3 is 19.3 Å². The maximum atomic E-state index is 5.47. The van der Waals surface area contributed by atoms with Crippen LogP contribution < -0.4 is 19.3 Å². The van der Waals surface area contributed by atoms with Crippen molar-refractivity contribution in [1.29, 1.82) is 0 Å². The zero-order valence-corrected chi connectivity index (χ0v) is 18.9. The maximum Gasteiger partial charge on any atom is 0.180 e. The largest absolute Gasteiger partial charge is 0.497 e. The third kappa shape index (κ3) is 3.83. The van der Waals surface area contributed by atoms with Crippen molar-refractivity contribution in [2.75, 3.05) is 44.2 Å². The van der Waals surface area contributed by atoms with E-state index in [4.69, 9.17) is 19.4 Å². The summed E-state index contributed by atoms with van der Waals surface area (Å²) in [4.78, 5) is 19.1. The highest BCUT2D eigenvalue weighted by Crippen LogP contribution is 2.35. The number of ether oxygens (including phenoxy) is 2. The van der Waals surface area contributed by atoms with E-state index in [-0.39, 0.29) is 0 Å². The Morgan fingerprint density at radius 1 is 1.03 bits per heavy atom. The molecule has 1 atom stereocenters. The van der Waals surface area contributed by atoms with Crippen molar-refractivity contribution in [2.24, 2.45) is 0 Å². The van der Waals surface area contributed by atoms with E-state index in [1.807, 2.05) is 24.3 Å². The Morgan fingerprint density at radius 2 is 1.84 bits per heavy atom. The normalized spacial score (nSPS) is 17.3. The monoisotopic (exact) mass is 431 g/mol. The fourth-order valence-corrected chi connectivity index (χ4v) is 4.75. The molecule has 1 saturated heterocycles. The summed E-state index contributed by atoms with van der Waals surface area (Å²) >= 11 is 0. The SMILES string of the molecule is COc1cc(OC)cc(N2CCC(N(C)c3nc(-c4ccccn4)nc4c3CCC4)C2)c1. The van der Waals surface area contributed by atoms with Gasteiger partial charge in [-0.15, -0.1) is 0 Å². The number of rotatable bonds is 6. The van der Waals surface area contributed by atoms with Crippen LogP contribution in [0.1, 0.15) is 24.1 Å². The number of nitrogens with zero attached hydrogens (tertiary/aromatic N) is 5. The van der Waals surface area contributed by atoms with Gasteiger partial charge in [-0.2, -0.15) is 0 Å². The fourth-order valence-electron chi connectivity index (χ4n) is 4.75. The van der Waals surface area contributed by atoms with Gasteiger partial charge in [-0.05, 0) is 37.8 Å². The van der Waals surface area contributed by atoms with E-state index in [0.717, 1.165) is 73.3 Å². The Kier molecular flexibility index (Phi) is 5.55. The van der Waals surface area contributed by atoms with Crippen molar-refractivity contribution < 1.29 is 9.47 Å². The van der Waals surface area contributed by atoms with E-state index in [9.17, 15) is 0 Å². The van der Waals surface area contributed by atoms with Crippen LogP contribution >= 0.6 is 0 Å². The van der Waals surface area contributed by atoms with Crippen molar-refractivity contribution in [3.63, 3.8) is 0 Å². The van der Waals surface area contributed by atoms with Crippen molar-refractivity contribution in [3.05, 3.63) is 53.9 Å². The smallest absolute Gasteiger partial charge is 0.180 e. The quantitative estimate of drug-likeness (QED) is 0.589. The molecule has 0 amide bonds. The van der Waals surface area contributed by atoms with E-state index in [1.165, 1.54) is 11.3 Å². The van der Waals surface area contributed by atoms with Crippen LogP contribution in [0.4, 0.5) is 11.5 Å². The molecule has 1 unspecified atom stereocenters. The molecule has 1 aromatic carbocycles. The predicted molar refractivity (Wildman–Crippen MR) is 126 cm³/mol. The van der Waals surface area contributed by atoms with Crippen LogP contribution in [0.5, 0.6) is 11.5 Å². The van der Waals surface area contributed by atoms with E-state index in [1.54, 1.807) is 20.4 Å². The van der Waals surface area contributed by atoms with Gasteiger partial charge in [-0.3, -0.25) is 4.98 Å². The highest BCUT2D eigenvalue weighted by molar-refractivity contribution is 5.61. The minimum absolute atomic E-state index is 0.364. The molecule has 1 aliphatic carbocycles. The molecule has 3 heterocycles. The Morgan fingerprint density at radius 3 is 2.56 bits per heavy atom. The Hall–Kier alpha value is -3.35. The topological polar surface area (TPSA) is 63.6 Å². The molecule has 32 heavy (non-hydrogen) atoms. The number of benzene rings is 1. The summed E-state index contributed by atoms with van der Waals surface area (Å²) < 4.78 is 10.9. The van der Waals surface area contributed by atoms with E-state index in [0.29, 0.717) is 6.04 Å². The lowest BCUT2D eigenvalue weighted by Crippen LogP contribution is -2.36. The Balaban J connectivity index is 1.42. The number of pyridine rings is 1. The fraction of sp³-hybridized carbons (Fsp3) is 0.400. The van der Waals surface area contributed by atoms with Gasteiger partial charge in [-0.1, -0.05) is 6.07 Å². The number of methoxy groups -OCH3 is 2. The molecule has 7 heteroatoms. The average Bonchev–Trinajstić information content (AvgIpc) is 3.53. The van der Waals surface area contributed by atoms with Crippen LogP contribution in [0.25, 0.3) is 11.5 Å². The van der Waals surface area contributed by atoms with Crippen molar-refractivity contribution in [2.45, 2.75) is 31.7 Å². The van der Waals surface area contributed by atoms with Crippen LogP contribution in [0.2, 0.25) is 0 Å². The highest BCUT2D eigenvalue weighted by Gasteiger charge is 2.31. The van der Waals surface area contributed by atoms with Gasteiger partial charge in [0.25, 0.3) is 0 Å². The summed E-state index contributed by atoms with van der Waals surface area (Å²) in [7, 11) is 5.55. The molecule has 3 aromatic rings. The second-order valence-electron chi connectivity index (χ2n) is 8.43. The first-order valence-corrected chi connectivity index (χ1v) is 11.2. The number of fused-ring (bicyclic) bond motifs is 1. The van der Waals surface area contributed by atoms with Gasteiger partial charge >= 0.3 is 0 Å². The number of hydrogen-bond donors (Lipinski definition) is 0. The summed E-state index contributed by atoms with van der Waals surface area (Å²) in [6, 6.07) is 12.3. The molecular formula is C25H29N5O2. The Labute approximate surface area is 189 Å². The summed E-state index contributed by atoms with van der Waals surface area (Å²) in [5, 5.41) is 0. The van der Waals surface area contributed by atoms with Crippen LogP contribution in [0, 0.1) is 0 Å². The molecule has 0 bridgehead atoms. The van der Waals surface area contributed by atoms with Crippen molar-refractivity contribution in [1.82, 2.24) is 15.0 Å². The van der Waals surface area contributed by atoms with Gasteiger partial charge in [-0.25, -0.2) is 9.97 Å². The van der Waals surface area contributed by atoms with Crippen molar-refractivity contribution >= 4 is 11.5 Å². The zero-order chi connectivity index (χ0) is 22.1. The molecular weight excluding hydrogens is 402 g/mol. The average molecular weight is 432 g/mol. The lowest BCUT2D eigenvalue weighted by atomic mass is 10.1. The van der Waals surface area contributed by atoms with Crippen LogP contribution in [-0.4, -0.2) is 55.4 Å². The number of anilines is 2. The molecule has 2 aliphatic rings. The van der Waals surface area contributed by atoms with E-state index >= 15 is 0 Å². The molecule has 0 spiro atoms. The molecule has 0 N–H and O–H groups in total. The first kappa shape index (κ1) is 20.5. The molecule has 1 fully saturated rings. The minimum Gasteiger partial charge on any atom is -0.497 e. The number of likely N-dealkylation sites (N-methyl/N-ethyl adjacent to an activating group) is 1. The van der Waals surface area contributed by atoms with Gasteiger partial charge in [0.1, 0.15) is 23.0 Å². The summed E-state index contributed by atoms with van der Waals surface area (Å²) in [5.74, 6) is 3.40. The zero-order valence-electron chi connectivity index (χ0n) is 18.9. The molecule has 2 aromatic heterocycles. The lowest BCUT2D eigenvalue weighted by Gasteiger charge is -2.28. The van der Waals surface area contributed by atoms with Crippen LogP contribution in [0.15, 0.2) is 42.6 Å². The van der Waals surface area contributed by atoms with Gasteiger partial charge in [0.15, 0.2) is 5.82 Å². The van der Waals surface area contributed by atoms with Crippen LogP contribution in [0.3, 0.4) is 0 Å². The summed E-state index contributed by atoms with van der Waals surface area (Å²) in [5.41, 5.74) is 4.43. The van der Waals surface area contributed by atoms with Crippen LogP contribution in [-0.2, 0) is 12.8 Å². The first-order valence-electron chi connectivity index (χ1n) is 11.2. The lowest BCUT2D eigenvalue weighted by molar-refractivity contribution is 0.394. The standard InChI is InChI=1S/C25H29N5O2/c1-29(17-10-12-30(16-17)18-13-19(31-2)15-20(14-18)32-3)25-21-7-6-9-22(21)27-24(28-25)23-8-4-5-11-26-23/h4-5,8,11,13-15,17H,6-7,9-10,12,16H2,1-3H3. The third-order valence-corrected chi connectivity index (χ3v) is 6.55. The van der Waals surface area contributed by atoms with Gasteiger partial charge in [0, 0.05) is 67.5 Å². The van der Waals surface area contributed by atoms with Crippen molar-refractivity contribution in [3.8, 4) is 23.0 Å². The summed E-state index contributed by atoms with van der Waals surface area (Å²) in [6.07, 6.45) is 6.05. The first-order chi connectivity index (χ1) is 15.7. The second-order valence-corrected chi connectivity index (χ2v) is 8.43. The molecule has 5 rings (SSSR count). The molecule has 166 valence electrons. The van der Waals surface area contributed by atoms with E-state index < -0.39 is 0 Å². The summed E-state index contributed by atoms with van der Waals surface area (Å²) in [6.45, 7) is 1.90. The maximum absolute atomic E-state index is 5.47. The number of aryl methyl sites for hydroxylation is 1. The minimum atomic E-state index is 0.364. The molecule has 7 nitrogen and oxygen atoms in total. The predicted octanol–water partition coefficient (Wildman–Crippen LogP) is 3.76. The molecule has 0 saturated carbocycles. The number of hydrogen-bond acceptors (Lipinski definition) is 7. The highest BCUT2D eigenvalue weighted by atomic mass is 16.5. The van der Waals surface area contributed by atoms with E-state index in [2.05, 4.69) is 34.0 Å². The molecule has 0 radical (unpaired) electrons. The van der Waals surface area contributed by atoms with Gasteiger partial charge in [0.05, 0.1) is 14.2 Å². The van der Waals surface area contributed by atoms with Gasteiger partial charge in [0.2, 0.25) is 0 Å². The third-order valence-electron chi connectivity index (χ3n) is 6.55. The molecule has 1 aliphatic heterocycles. The second kappa shape index (κ2) is 8.65. The Bertz CT molecular complexity index is 1080.